The Hall–Kier alpha value is -1.52. The number of pyridine rings is 1. The maximum Gasteiger partial charge on any atom is 0.154 e. The number of para-hydroxylation sites is 1. The van der Waals surface area contributed by atoms with Crippen molar-refractivity contribution in [2.75, 3.05) is 23.8 Å². The van der Waals surface area contributed by atoms with Gasteiger partial charge < -0.3 is 10.2 Å². The van der Waals surface area contributed by atoms with E-state index in [1.165, 1.54) is 6.07 Å². The Morgan fingerprint density at radius 1 is 1.24 bits per heavy atom. The summed E-state index contributed by atoms with van der Waals surface area (Å²) in [5, 5.41) is 3.94. The van der Waals surface area contributed by atoms with Gasteiger partial charge in [-0.05, 0) is 24.6 Å². The van der Waals surface area contributed by atoms with Crippen LogP contribution in [-0.2, 0) is 0 Å². The second-order valence-corrected chi connectivity index (χ2v) is 5.38. The molecule has 112 valence electrons. The number of halogens is 3. The molecule has 0 aliphatic heterocycles. The van der Waals surface area contributed by atoms with Gasteiger partial charge >= 0.3 is 0 Å². The number of anilines is 3. The van der Waals surface area contributed by atoms with E-state index in [4.69, 9.17) is 23.2 Å². The van der Waals surface area contributed by atoms with Gasteiger partial charge in [-0.15, -0.1) is 0 Å². The van der Waals surface area contributed by atoms with Crippen molar-refractivity contribution in [1.29, 1.82) is 0 Å². The Bertz CT molecular complexity index is 634. The quantitative estimate of drug-likeness (QED) is 0.826. The van der Waals surface area contributed by atoms with Gasteiger partial charge in [0, 0.05) is 13.6 Å². The summed E-state index contributed by atoms with van der Waals surface area (Å²) in [6.07, 6.45) is 0.944. The van der Waals surface area contributed by atoms with E-state index in [2.05, 4.69) is 10.3 Å². The fraction of sp³-hybridized carbons (Fsp3) is 0.267. The van der Waals surface area contributed by atoms with Crippen LogP contribution in [0.1, 0.15) is 13.3 Å². The van der Waals surface area contributed by atoms with Crippen LogP contribution in [0.2, 0.25) is 10.0 Å². The van der Waals surface area contributed by atoms with Crippen LogP contribution in [0, 0.1) is 5.82 Å². The highest BCUT2D eigenvalue weighted by Gasteiger charge is 2.16. The zero-order chi connectivity index (χ0) is 15.4. The van der Waals surface area contributed by atoms with Crippen molar-refractivity contribution >= 4 is 40.5 Å². The third-order valence-corrected chi connectivity index (χ3v) is 3.55. The smallest absolute Gasteiger partial charge is 0.154 e. The Morgan fingerprint density at radius 2 is 1.95 bits per heavy atom. The van der Waals surface area contributed by atoms with Crippen molar-refractivity contribution in [2.45, 2.75) is 13.3 Å². The molecule has 1 aromatic heterocycles. The normalized spacial score (nSPS) is 10.5. The van der Waals surface area contributed by atoms with E-state index < -0.39 is 0 Å². The van der Waals surface area contributed by atoms with Crippen LogP contribution in [0.5, 0.6) is 0 Å². The van der Waals surface area contributed by atoms with Crippen molar-refractivity contribution < 1.29 is 4.39 Å². The van der Waals surface area contributed by atoms with E-state index in [-0.39, 0.29) is 5.82 Å². The molecule has 0 fully saturated rings. The molecule has 0 aliphatic carbocycles. The van der Waals surface area contributed by atoms with Crippen LogP contribution in [0.25, 0.3) is 0 Å². The summed E-state index contributed by atoms with van der Waals surface area (Å²) in [6, 6.07) is 8.07. The molecular weight excluding hydrogens is 312 g/mol. The molecule has 2 aromatic rings. The monoisotopic (exact) mass is 327 g/mol. The van der Waals surface area contributed by atoms with Crippen LogP contribution >= 0.6 is 23.2 Å². The molecule has 1 N–H and O–H groups in total. The van der Waals surface area contributed by atoms with Gasteiger partial charge in [-0.1, -0.05) is 42.3 Å². The van der Waals surface area contributed by atoms with Crippen molar-refractivity contribution in [3.63, 3.8) is 0 Å². The summed E-state index contributed by atoms with van der Waals surface area (Å²) in [7, 11) is 1.71. The molecule has 21 heavy (non-hydrogen) atoms. The summed E-state index contributed by atoms with van der Waals surface area (Å²) in [4.78, 5) is 6.01. The third kappa shape index (κ3) is 3.57. The van der Waals surface area contributed by atoms with E-state index in [9.17, 15) is 4.39 Å². The van der Waals surface area contributed by atoms with E-state index in [1.54, 1.807) is 36.2 Å². The van der Waals surface area contributed by atoms with Gasteiger partial charge in [0.25, 0.3) is 0 Å². The average Bonchev–Trinajstić information content (AvgIpc) is 2.46. The van der Waals surface area contributed by atoms with Crippen molar-refractivity contribution in [3.8, 4) is 0 Å². The molecule has 0 amide bonds. The highest BCUT2D eigenvalue weighted by molar-refractivity contribution is 6.37. The van der Waals surface area contributed by atoms with Gasteiger partial charge in [-0.2, -0.15) is 0 Å². The predicted molar refractivity (Wildman–Crippen MR) is 87.5 cm³/mol. The first-order chi connectivity index (χ1) is 10.0. The number of aromatic nitrogens is 1. The Kier molecular flexibility index (Phi) is 5.26. The summed E-state index contributed by atoms with van der Waals surface area (Å²) in [6.45, 7) is 2.79. The minimum absolute atomic E-state index is 0.337. The maximum atomic E-state index is 13.9. The van der Waals surface area contributed by atoms with E-state index in [1.807, 2.05) is 6.92 Å². The molecule has 0 atom stereocenters. The van der Waals surface area contributed by atoms with Crippen molar-refractivity contribution in [1.82, 2.24) is 4.98 Å². The molecule has 0 radical (unpaired) electrons. The number of rotatable bonds is 5. The molecule has 2 rings (SSSR count). The van der Waals surface area contributed by atoms with Crippen LogP contribution in [0.4, 0.5) is 21.7 Å². The van der Waals surface area contributed by atoms with Gasteiger partial charge in [0.15, 0.2) is 5.82 Å². The number of nitrogens with zero attached hydrogens (tertiary/aromatic N) is 2. The van der Waals surface area contributed by atoms with Crippen LogP contribution in [0.3, 0.4) is 0 Å². The van der Waals surface area contributed by atoms with Gasteiger partial charge in [-0.25, -0.2) is 9.37 Å². The molecule has 0 spiro atoms. The van der Waals surface area contributed by atoms with Gasteiger partial charge in [0.1, 0.15) is 11.6 Å². The highest BCUT2D eigenvalue weighted by atomic mass is 35.5. The van der Waals surface area contributed by atoms with Crippen LogP contribution < -0.4 is 10.2 Å². The fourth-order valence-electron chi connectivity index (χ4n) is 1.90. The Morgan fingerprint density at radius 3 is 2.62 bits per heavy atom. The number of hydrogen-bond acceptors (Lipinski definition) is 3. The zero-order valence-electron chi connectivity index (χ0n) is 11.8. The molecule has 0 aliphatic rings. The number of benzene rings is 1. The van der Waals surface area contributed by atoms with E-state index in [0.717, 1.165) is 13.0 Å². The van der Waals surface area contributed by atoms with Crippen LogP contribution in [-0.4, -0.2) is 18.6 Å². The summed E-state index contributed by atoms with van der Waals surface area (Å²) >= 11 is 12.3. The largest absolute Gasteiger partial charge is 0.369 e. The van der Waals surface area contributed by atoms with Crippen molar-refractivity contribution in [3.05, 3.63) is 46.2 Å². The van der Waals surface area contributed by atoms with E-state index in [0.29, 0.717) is 27.4 Å². The molecule has 1 heterocycles. The summed E-state index contributed by atoms with van der Waals surface area (Å²) < 4.78 is 13.9. The first-order valence-electron chi connectivity index (χ1n) is 6.62. The fourth-order valence-corrected chi connectivity index (χ4v) is 2.45. The first kappa shape index (κ1) is 15.9. The van der Waals surface area contributed by atoms with Gasteiger partial charge in [-0.3, -0.25) is 0 Å². The van der Waals surface area contributed by atoms with Crippen molar-refractivity contribution in [2.24, 2.45) is 0 Å². The molecule has 1 aromatic carbocycles. The molecule has 6 heteroatoms. The summed E-state index contributed by atoms with van der Waals surface area (Å²) in [5.41, 5.74) is 0.399. The third-order valence-electron chi connectivity index (χ3n) is 2.98. The summed E-state index contributed by atoms with van der Waals surface area (Å²) in [5.74, 6) is 0.654. The molecule has 0 bridgehead atoms. The second-order valence-electron chi connectivity index (χ2n) is 4.56. The molecule has 3 nitrogen and oxygen atoms in total. The first-order valence-corrected chi connectivity index (χ1v) is 7.38. The van der Waals surface area contributed by atoms with E-state index >= 15 is 0 Å². The minimum Gasteiger partial charge on any atom is -0.369 e. The second kappa shape index (κ2) is 6.96. The molecule has 0 saturated carbocycles. The Balaban J connectivity index is 2.41. The van der Waals surface area contributed by atoms with Gasteiger partial charge in [0.05, 0.1) is 15.7 Å². The SMILES string of the molecule is CCCNc1nc(N(C)c2ccccc2F)c(Cl)cc1Cl. The standard InChI is InChI=1S/C15H16Cl2FN3/c1-3-8-19-14-10(16)9-11(17)15(20-14)21(2)13-7-5-4-6-12(13)18/h4-7,9H,3,8H2,1-2H3,(H,19,20). The average molecular weight is 328 g/mol. The minimum atomic E-state index is -0.337. The topological polar surface area (TPSA) is 28.2 Å². The molecular formula is C15H16Cl2FN3. The van der Waals surface area contributed by atoms with Gasteiger partial charge in [0.2, 0.25) is 0 Å². The zero-order valence-corrected chi connectivity index (χ0v) is 13.3. The number of nitrogens with one attached hydrogen (secondary N) is 1. The Labute approximate surface area is 133 Å². The maximum absolute atomic E-state index is 13.9. The molecule has 0 saturated heterocycles. The van der Waals surface area contributed by atoms with Crippen LogP contribution in [0.15, 0.2) is 30.3 Å². The lowest BCUT2D eigenvalue weighted by Gasteiger charge is -2.21. The molecule has 0 unspecified atom stereocenters. The lowest BCUT2D eigenvalue weighted by Crippen LogP contribution is -2.15. The predicted octanol–water partition coefficient (Wildman–Crippen LogP) is 5.12. The number of hydrogen-bond donors (Lipinski definition) is 1. The lowest BCUT2D eigenvalue weighted by atomic mass is 10.2. The highest BCUT2D eigenvalue weighted by Crippen LogP contribution is 2.34. The lowest BCUT2D eigenvalue weighted by molar-refractivity contribution is 0.627.